The normalized spacial score (nSPS) is 10.9. The number of nitrogens with one attached hydrogen (secondary N) is 1. The standard InChI is InChI=1S/C18H15N3O3/c1-24-18(23)14-6-2-3-7-15(14)20-17(22)10-9-13-12-19-16-8-4-5-11-21(13)16/h2-12H,1H3,(H,20,22)/b10-9+. The minimum atomic E-state index is -0.503. The van der Waals surface area contributed by atoms with E-state index < -0.39 is 5.97 Å². The lowest BCUT2D eigenvalue weighted by Gasteiger charge is -2.07. The second-order valence-corrected chi connectivity index (χ2v) is 4.97. The molecule has 120 valence electrons. The van der Waals surface area contributed by atoms with E-state index in [1.165, 1.54) is 13.2 Å². The molecule has 3 aromatic rings. The highest BCUT2D eigenvalue weighted by molar-refractivity contribution is 6.06. The van der Waals surface area contributed by atoms with Gasteiger partial charge in [0.1, 0.15) is 5.65 Å². The van der Waals surface area contributed by atoms with Crippen LogP contribution in [0.5, 0.6) is 0 Å². The van der Waals surface area contributed by atoms with Crippen molar-refractivity contribution in [2.24, 2.45) is 0 Å². The topological polar surface area (TPSA) is 72.7 Å². The summed E-state index contributed by atoms with van der Waals surface area (Å²) in [4.78, 5) is 28.1. The van der Waals surface area contributed by atoms with Crippen LogP contribution in [0.1, 0.15) is 16.1 Å². The van der Waals surface area contributed by atoms with Gasteiger partial charge in [0.15, 0.2) is 0 Å². The Morgan fingerprint density at radius 3 is 2.79 bits per heavy atom. The summed E-state index contributed by atoms with van der Waals surface area (Å²) in [5.41, 5.74) is 2.28. The first-order valence-electron chi connectivity index (χ1n) is 7.27. The van der Waals surface area contributed by atoms with Crippen LogP contribution in [0.25, 0.3) is 11.7 Å². The number of esters is 1. The fourth-order valence-corrected chi connectivity index (χ4v) is 2.29. The molecule has 0 spiro atoms. The molecule has 2 aromatic heterocycles. The Morgan fingerprint density at radius 2 is 1.96 bits per heavy atom. The lowest BCUT2D eigenvalue weighted by atomic mass is 10.2. The van der Waals surface area contributed by atoms with Crippen molar-refractivity contribution in [3.05, 3.63) is 72.2 Å². The lowest BCUT2D eigenvalue weighted by Crippen LogP contribution is -2.12. The molecule has 2 heterocycles. The fraction of sp³-hybridized carbons (Fsp3) is 0.0556. The molecule has 0 saturated heterocycles. The highest BCUT2D eigenvalue weighted by atomic mass is 16.5. The number of carbonyl (C=O) groups excluding carboxylic acids is 2. The number of ether oxygens (including phenoxy) is 1. The highest BCUT2D eigenvalue weighted by Gasteiger charge is 2.12. The average Bonchev–Trinajstić information content (AvgIpc) is 3.03. The summed E-state index contributed by atoms with van der Waals surface area (Å²) in [6.07, 6.45) is 6.61. The minimum absolute atomic E-state index is 0.302. The Labute approximate surface area is 138 Å². The van der Waals surface area contributed by atoms with Crippen LogP contribution in [0.4, 0.5) is 5.69 Å². The number of rotatable bonds is 4. The van der Waals surface area contributed by atoms with E-state index in [-0.39, 0.29) is 5.91 Å². The van der Waals surface area contributed by atoms with Crippen LogP contribution < -0.4 is 5.32 Å². The number of hydrogen-bond donors (Lipinski definition) is 1. The Kier molecular flexibility index (Phi) is 4.38. The molecule has 0 unspecified atom stereocenters. The molecule has 6 nitrogen and oxygen atoms in total. The molecule has 1 N–H and O–H groups in total. The third-order valence-electron chi connectivity index (χ3n) is 3.44. The van der Waals surface area contributed by atoms with Gasteiger partial charge in [0.2, 0.25) is 5.91 Å². The molecule has 0 aliphatic rings. The van der Waals surface area contributed by atoms with Crippen molar-refractivity contribution in [3.8, 4) is 0 Å². The lowest BCUT2D eigenvalue weighted by molar-refractivity contribution is -0.111. The largest absolute Gasteiger partial charge is 0.465 e. The van der Waals surface area contributed by atoms with Crippen LogP contribution in [0.2, 0.25) is 0 Å². The smallest absolute Gasteiger partial charge is 0.339 e. The first kappa shape index (κ1) is 15.5. The molecule has 1 amide bonds. The van der Waals surface area contributed by atoms with Crippen molar-refractivity contribution in [2.75, 3.05) is 12.4 Å². The molecule has 1 aromatic carbocycles. The summed E-state index contributed by atoms with van der Waals surface area (Å²) in [6.45, 7) is 0. The number of carbonyl (C=O) groups is 2. The zero-order chi connectivity index (χ0) is 16.9. The van der Waals surface area contributed by atoms with Gasteiger partial charge in [-0.2, -0.15) is 0 Å². The van der Waals surface area contributed by atoms with Gasteiger partial charge >= 0.3 is 5.97 Å². The van der Waals surface area contributed by atoms with E-state index in [4.69, 9.17) is 4.74 Å². The molecule has 24 heavy (non-hydrogen) atoms. The van der Waals surface area contributed by atoms with Crippen LogP contribution in [0, 0.1) is 0 Å². The van der Waals surface area contributed by atoms with E-state index in [9.17, 15) is 9.59 Å². The van der Waals surface area contributed by atoms with E-state index in [0.717, 1.165) is 11.3 Å². The van der Waals surface area contributed by atoms with Crippen molar-refractivity contribution in [1.29, 1.82) is 0 Å². The first-order valence-corrected chi connectivity index (χ1v) is 7.27. The summed E-state index contributed by atoms with van der Waals surface area (Å²) in [5, 5.41) is 2.68. The number of nitrogens with zero attached hydrogens (tertiary/aromatic N) is 2. The van der Waals surface area contributed by atoms with Crippen molar-refractivity contribution in [2.45, 2.75) is 0 Å². The maximum atomic E-state index is 12.1. The second kappa shape index (κ2) is 6.78. The van der Waals surface area contributed by atoms with Gasteiger partial charge in [-0.05, 0) is 30.3 Å². The van der Waals surface area contributed by atoms with Crippen LogP contribution in [0.15, 0.2) is 60.9 Å². The third kappa shape index (κ3) is 3.17. The molecule has 0 aliphatic heterocycles. The maximum Gasteiger partial charge on any atom is 0.339 e. The molecule has 6 heteroatoms. The maximum absolute atomic E-state index is 12.1. The molecule has 0 bridgehead atoms. The number of pyridine rings is 1. The van der Waals surface area contributed by atoms with Gasteiger partial charge in [-0.1, -0.05) is 18.2 Å². The van der Waals surface area contributed by atoms with Crippen molar-refractivity contribution < 1.29 is 14.3 Å². The van der Waals surface area contributed by atoms with E-state index in [1.54, 1.807) is 36.5 Å². The van der Waals surface area contributed by atoms with Gasteiger partial charge in [0, 0.05) is 12.3 Å². The molecule has 0 saturated carbocycles. The number of hydrogen-bond acceptors (Lipinski definition) is 4. The number of fused-ring (bicyclic) bond motifs is 1. The van der Waals surface area contributed by atoms with Crippen molar-refractivity contribution >= 4 is 29.3 Å². The zero-order valence-electron chi connectivity index (χ0n) is 13.0. The molecular weight excluding hydrogens is 306 g/mol. The second-order valence-electron chi connectivity index (χ2n) is 4.97. The summed E-state index contributed by atoms with van der Waals surface area (Å²) >= 11 is 0. The van der Waals surface area contributed by atoms with Crippen LogP contribution in [-0.2, 0) is 9.53 Å². The molecule has 0 aliphatic carbocycles. The molecular formula is C18H15N3O3. The number of methoxy groups -OCH3 is 1. The van der Waals surface area contributed by atoms with E-state index >= 15 is 0 Å². The van der Waals surface area contributed by atoms with E-state index in [0.29, 0.717) is 11.3 Å². The number of benzene rings is 1. The number of anilines is 1. The third-order valence-corrected chi connectivity index (χ3v) is 3.44. The number of para-hydroxylation sites is 1. The summed E-state index contributed by atoms with van der Waals surface area (Å²) in [7, 11) is 1.30. The van der Waals surface area contributed by atoms with E-state index in [1.807, 2.05) is 28.8 Å². The Bertz CT molecular complexity index is 928. The van der Waals surface area contributed by atoms with Crippen LogP contribution in [0.3, 0.4) is 0 Å². The highest BCUT2D eigenvalue weighted by Crippen LogP contribution is 2.16. The fourth-order valence-electron chi connectivity index (χ4n) is 2.29. The quantitative estimate of drug-likeness (QED) is 0.592. The van der Waals surface area contributed by atoms with Gasteiger partial charge < -0.3 is 14.5 Å². The van der Waals surface area contributed by atoms with Gasteiger partial charge in [0.05, 0.1) is 30.3 Å². The predicted octanol–water partition coefficient (Wildman–Crippen LogP) is 2.77. The zero-order valence-corrected chi connectivity index (χ0v) is 13.0. The number of imidazole rings is 1. The Hall–Kier alpha value is -3.41. The summed E-state index contributed by atoms with van der Waals surface area (Å²) < 4.78 is 6.57. The van der Waals surface area contributed by atoms with Crippen molar-refractivity contribution in [3.63, 3.8) is 0 Å². The average molecular weight is 321 g/mol. The predicted molar refractivity (Wildman–Crippen MR) is 90.6 cm³/mol. The van der Waals surface area contributed by atoms with Gasteiger partial charge in [-0.3, -0.25) is 4.79 Å². The Balaban J connectivity index is 1.78. The van der Waals surface area contributed by atoms with E-state index in [2.05, 4.69) is 10.3 Å². The summed E-state index contributed by atoms with van der Waals surface area (Å²) in [5.74, 6) is -0.853. The minimum Gasteiger partial charge on any atom is -0.465 e. The molecule has 0 atom stereocenters. The number of amides is 1. The number of aromatic nitrogens is 2. The van der Waals surface area contributed by atoms with Crippen molar-refractivity contribution in [1.82, 2.24) is 9.38 Å². The first-order chi connectivity index (χ1) is 11.7. The molecule has 3 rings (SSSR count). The molecule has 0 radical (unpaired) electrons. The Morgan fingerprint density at radius 1 is 1.17 bits per heavy atom. The van der Waals surface area contributed by atoms with Crippen LogP contribution >= 0.6 is 0 Å². The summed E-state index contributed by atoms with van der Waals surface area (Å²) in [6, 6.07) is 12.3. The van der Waals surface area contributed by atoms with Gasteiger partial charge in [-0.15, -0.1) is 0 Å². The van der Waals surface area contributed by atoms with Gasteiger partial charge in [0.25, 0.3) is 0 Å². The monoisotopic (exact) mass is 321 g/mol. The SMILES string of the molecule is COC(=O)c1ccccc1NC(=O)/C=C/c1cnc2ccccn12. The molecule has 0 fully saturated rings. The van der Waals surface area contributed by atoms with Crippen LogP contribution in [-0.4, -0.2) is 28.4 Å². The van der Waals surface area contributed by atoms with Gasteiger partial charge in [-0.25, -0.2) is 9.78 Å².